The van der Waals surface area contributed by atoms with Gasteiger partial charge in [-0.1, -0.05) is 38.1 Å². The molecule has 2 aromatic carbocycles. The molecular weight excluding hydrogens is 653 g/mol. The molecule has 50 heavy (non-hydrogen) atoms. The number of hydrogen-bond acceptors (Lipinski definition) is 9. The van der Waals surface area contributed by atoms with Crippen molar-refractivity contribution in [2.24, 2.45) is 18.4 Å². The number of nitrogens with zero attached hydrogens (tertiary/aromatic N) is 7. The van der Waals surface area contributed by atoms with Crippen LogP contribution in [0.5, 0.6) is 5.88 Å². The fourth-order valence-corrected chi connectivity index (χ4v) is 9.01. The van der Waals surface area contributed by atoms with Crippen LogP contribution in [0, 0.1) is 25.2 Å². The van der Waals surface area contributed by atoms with Crippen LogP contribution in [0.1, 0.15) is 78.5 Å². The standard InChI is InChI=1S/C37H40N8O4S/c1-21(2)33-42-32-34(44(33)5)39-26(18-38-32)19-45-27(17-37-14-24(15-37)16-37)20-49-30-13-29(31-22(3)8-6-9-23(31)4)40-36(41-30)43-50(47,48)28-11-7-10-25(12-28)35(45)46/h6-13,18,21,24,27H,14-17,19-20H2,1-5H3,(H,40,41,43)/t24?,27-,37?/m1/s1. The van der Waals surface area contributed by atoms with Gasteiger partial charge >= 0.3 is 0 Å². The van der Waals surface area contributed by atoms with Crippen LogP contribution < -0.4 is 9.46 Å². The molecule has 3 aliphatic carbocycles. The minimum atomic E-state index is -4.18. The molecule has 9 rings (SSSR count). The molecule has 1 N–H and O–H groups in total. The lowest BCUT2D eigenvalue weighted by Crippen LogP contribution is -2.56. The lowest BCUT2D eigenvalue weighted by atomic mass is 9.43. The maximum Gasteiger partial charge on any atom is 0.264 e. The molecule has 3 aromatic heterocycles. The third-order valence-electron chi connectivity index (χ3n) is 10.5. The third kappa shape index (κ3) is 5.66. The second-order valence-electron chi connectivity index (χ2n) is 14.6. The summed E-state index contributed by atoms with van der Waals surface area (Å²) in [7, 11) is -2.25. The average Bonchev–Trinajstić information content (AvgIpc) is 3.37. The zero-order chi connectivity index (χ0) is 34.9. The van der Waals surface area contributed by atoms with Crippen LogP contribution in [0.3, 0.4) is 0 Å². The molecule has 1 aliphatic heterocycles. The largest absolute Gasteiger partial charge is 0.475 e. The fraction of sp³-hybridized carbons (Fsp3) is 0.405. The van der Waals surface area contributed by atoms with Crippen LogP contribution in [0.25, 0.3) is 22.6 Å². The van der Waals surface area contributed by atoms with E-state index in [9.17, 15) is 13.2 Å². The van der Waals surface area contributed by atoms with E-state index in [1.54, 1.807) is 29.3 Å². The normalized spacial score (nSPS) is 22.4. The molecule has 258 valence electrons. The molecule has 12 nitrogen and oxygen atoms in total. The molecule has 5 aromatic rings. The molecule has 0 unspecified atom stereocenters. The molecule has 1 atom stereocenters. The third-order valence-corrected chi connectivity index (χ3v) is 11.9. The molecular formula is C37H40N8O4S. The van der Waals surface area contributed by atoms with Crippen LogP contribution in [0.15, 0.2) is 59.6 Å². The van der Waals surface area contributed by atoms with Crippen LogP contribution in [0.4, 0.5) is 5.95 Å². The number of aromatic nitrogens is 6. The first-order valence-corrected chi connectivity index (χ1v) is 18.6. The minimum Gasteiger partial charge on any atom is -0.475 e. The van der Waals surface area contributed by atoms with Gasteiger partial charge in [0.2, 0.25) is 11.8 Å². The van der Waals surface area contributed by atoms with Crippen molar-refractivity contribution in [2.75, 3.05) is 11.3 Å². The van der Waals surface area contributed by atoms with Crippen molar-refractivity contribution < 1.29 is 17.9 Å². The Balaban J connectivity index is 1.25. The van der Waals surface area contributed by atoms with E-state index in [1.807, 2.05) is 43.7 Å². The molecule has 13 heteroatoms. The zero-order valence-corrected chi connectivity index (χ0v) is 29.7. The zero-order valence-electron chi connectivity index (χ0n) is 28.8. The van der Waals surface area contributed by atoms with E-state index in [1.165, 1.54) is 12.1 Å². The van der Waals surface area contributed by atoms with E-state index in [-0.39, 0.29) is 58.7 Å². The summed E-state index contributed by atoms with van der Waals surface area (Å²) in [6.07, 6.45) is 5.82. The monoisotopic (exact) mass is 692 g/mol. The summed E-state index contributed by atoms with van der Waals surface area (Å²) < 4.78 is 38.5. The predicted molar refractivity (Wildman–Crippen MR) is 188 cm³/mol. The lowest BCUT2D eigenvalue weighted by molar-refractivity contribution is -0.126. The van der Waals surface area contributed by atoms with E-state index in [0.717, 1.165) is 54.1 Å². The number of anilines is 1. The molecule has 0 radical (unpaired) electrons. The SMILES string of the molecule is Cc1cccc(C)c1-c1cc2nc(n1)NS(=O)(=O)c1cccc(c1)C(=O)N(Cc1cnc3nc(C(C)C)n(C)c3n1)[C@H](CC13CC(C1)C3)CO2. The summed E-state index contributed by atoms with van der Waals surface area (Å²) in [5.74, 6) is 1.61. The topological polar surface area (TPSA) is 145 Å². The molecule has 1 amide bonds. The van der Waals surface area contributed by atoms with Crippen molar-refractivity contribution in [3.8, 4) is 17.1 Å². The first-order valence-electron chi connectivity index (χ1n) is 17.1. The maximum atomic E-state index is 14.6. The van der Waals surface area contributed by atoms with Crippen LogP contribution in [0.2, 0.25) is 0 Å². The Hall–Kier alpha value is -4.91. The van der Waals surface area contributed by atoms with Gasteiger partial charge in [0.25, 0.3) is 15.9 Å². The van der Waals surface area contributed by atoms with Gasteiger partial charge in [0, 0.05) is 30.2 Å². The van der Waals surface area contributed by atoms with Gasteiger partial charge in [-0.25, -0.2) is 33.1 Å². The number of ether oxygens (including phenoxy) is 1. The minimum absolute atomic E-state index is 0.0700. The summed E-state index contributed by atoms with van der Waals surface area (Å²) in [6, 6.07) is 13.4. The van der Waals surface area contributed by atoms with E-state index in [4.69, 9.17) is 9.72 Å². The Morgan fingerprint density at radius 2 is 1.74 bits per heavy atom. The molecule has 3 saturated carbocycles. The number of imidazole rings is 1. The highest BCUT2D eigenvalue weighted by molar-refractivity contribution is 7.92. The Labute approximate surface area is 291 Å². The second kappa shape index (κ2) is 11.9. The summed E-state index contributed by atoms with van der Waals surface area (Å²) in [4.78, 5) is 39.7. The number of amides is 1. The highest BCUT2D eigenvalue weighted by Crippen LogP contribution is 2.66. The number of fused-ring (bicyclic) bond motifs is 5. The number of sulfonamides is 1. The molecule has 0 saturated heterocycles. The number of hydrogen-bond donors (Lipinski definition) is 1. The lowest BCUT2D eigenvalue weighted by Gasteiger charge is -2.63. The molecule has 6 bridgehead atoms. The van der Waals surface area contributed by atoms with Gasteiger partial charge in [-0.2, -0.15) is 4.98 Å². The number of rotatable bonds is 6. The van der Waals surface area contributed by atoms with Crippen LogP contribution >= 0.6 is 0 Å². The summed E-state index contributed by atoms with van der Waals surface area (Å²) >= 11 is 0. The van der Waals surface area contributed by atoms with Crippen molar-refractivity contribution in [3.05, 3.63) is 82.9 Å². The second-order valence-corrected chi connectivity index (χ2v) is 16.3. The van der Waals surface area contributed by atoms with Crippen molar-refractivity contribution >= 4 is 33.2 Å². The van der Waals surface area contributed by atoms with Crippen molar-refractivity contribution in [1.82, 2.24) is 34.4 Å². The van der Waals surface area contributed by atoms with Gasteiger partial charge in [0.15, 0.2) is 11.3 Å². The van der Waals surface area contributed by atoms with Gasteiger partial charge < -0.3 is 14.2 Å². The molecule has 0 spiro atoms. The number of nitrogens with one attached hydrogen (secondary N) is 1. The summed E-state index contributed by atoms with van der Waals surface area (Å²) in [5.41, 5.74) is 5.58. The Kier molecular flexibility index (Phi) is 7.66. The van der Waals surface area contributed by atoms with Gasteiger partial charge in [-0.05, 0) is 80.2 Å². The van der Waals surface area contributed by atoms with Crippen LogP contribution in [-0.2, 0) is 23.6 Å². The quantitative estimate of drug-likeness (QED) is 0.228. The predicted octanol–water partition coefficient (Wildman–Crippen LogP) is 5.95. The molecule has 4 aliphatic rings. The number of benzene rings is 2. The molecule has 3 fully saturated rings. The van der Waals surface area contributed by atoms with Gasteiger partial charge in [-0.3, -0.25) is 4.79 Å². The van der Waals surface area contributed by atoms with Crippen molar-refractivity contribution in [1.29, 1.82) is 0 Å². The van der Waals surface area contributed by atoms with Gasteiger partial charge in [-0.15, -0.1) is 0 Å². The average molecular weight is 693 g/mol. The highest BCUT2D eigenvalue weighted by Gasteiger charge is 2.57. The smallest absolute Gasteiger partial charge is 0.264 e. The number of carbonyl (C=O) groups is 1. The Morgan fingerprint density at radius 1 is 1.00 bits per heavy atom. The summed E-state index contributed by atoms with van der Waals surface area (Å²) in [5, 5.41) is 0. The number of carbonyl (C=O) groups excluding carboxylic acids is 1. The first kappa shape index (κ1) is 32.3. The van der Waals surface area contributed by atoms with E-state index in [0.29, 0.717) is 22.7 Å². The summed E-state index contributed by atoms with van der Waals surface area (Å²) in [6.45, 7) is 8.42. The van der Waals surface area contributed by atoms with Crippen LogP contribution in [-0.4, -0.2) is 61.4 Å². The van der Waals surface area contributed by atoms with Crippen molar-refractivity contribution in [2.45, 2.75) is 76.8 Å². The fourth-order valence-electron chi connectivity index (χ4n) is 8.02. The van der Waals surface area contributed by atoms with Gasteiger partial charge in [0.1, 0.15) is 12.4 Å². The van der Waals surface area contributed by atoms with E-state index >= 15 is 0 Å². The maximum absolute atomic E-state index is 14.6. The van der Waals surface area contributed by atoms with Gasteiger partial charge in [0.05, 0.1) is 35.1 Å². The highest BCUT2D eigenvalue weighted by atomic mass is 32.2. The molecule has 4 heterocycles. The van der Waals surface area contributed by atoms with E-state index in [2.05, 4.69) is 38.5 Å². The van der Waals surface area contributed by atoms with Crippen molar-refractivity contribution in [3.63, 3.8) is 0 Å². The first-order chi connectivity index (χ1) is 23.9. The Morgan fingerprint density at radius 3 is 2.44 bits per heavy atom. The Bertz CT molecular complexity index is 2250. The van der Waals surface area contributed by atoms with E-state index < -0.39 is 10.0 Å². The number of aryl methyl sites for hydroxylation is 3.